The van der Waals surface area contributed by atoms with E-state index in [-0.39, 0.29) is 0 Å². The van der Waals surface area contributed by atoms with Gasteiger partial charge in [-0.2, -0.15) is 0 Å². The summed E-state index contributed by atoms with van der Waals surface area (Å²) in [5.74, 6) is 0. The second-order valence-electron chi connectivity index (χ2n) is 5.52. The number of aryl methyl sites for hydroxylation is 1. The maximum atomic E-state index is 5.57. The fourth-order valence-corrected chi connectivity index (χ4v) is 2.93. The maximum Gasteiger partial charge on any atom is 0.283 e. The molecular weight excluding hydrogens is 304 g/mol. The number of hydrogen-bond acceptors (Lipinski definition) is 2. The first-order valence-electron chi connectivity index (χ1n) is 7.90. The van der Waals surface area contributed by atoms with Crippen molar-refractivity contribution in [2.24, 2.45) is 12.0 Å². The molecule has 1 aromatic heterocycles. The molecule has 0 N–H and O–H groups in total. The van der Waals surface area contributed by atoms with Crippen molar-refractivity contribution in [2.45, 2.75) is 19.8 Å². The lowest BCUT2D eigenvalue weighted by Crippen LogP contribution is -2.14. The van der Waals surface area contributed by atoms with Crippen molar-refractivity contribution >= 4 is 39.2 Å². The van der Waals surface area contributed by atoms with Crippen molar-refractivity contribution < 1.29 is 4.74 Å². The van der Waals surface area contributed by atoms with Crippen LogP contribution in [0.3, 0.4) is 0 Å². The predicted molar refractivity (Wildman–Crippen MR) is 99.4 cm³/mol. The molecule has 3 nitrogen and oxygen atoms in total. The Morgan fingerprint density at radius 2 is 1.61 bits per heavy atom. The molecule has 0 aliphatic heterocycles. The van der Waals surface area contributed by atoms with Crippen LogP contribution < -0.4 is 5.36 Å². The highest BCUT2D eigenvalue weighted by atomic mass is 32.1. The van der Waals surface area contributed by atoms with Crippen LogP contribution in [-0.4, -0.2) is 16.3 Å². The van der Waals surface area contributed by atoms with Gasteiger partial charge in [-0.25, -0.2) is 4.99 Å². The third kappa shape index (κ3) is 3.13. The molecule has 4 heteroatoms. The lowest BCUT2D eigenvalue weighted by Gasteiger charge is -2.12. The molecule has 0 spiro atoms. The first-order chi connectivity index (χ1) is 11.2. The molecule has 0 saturated carbocycles. The lowest BCUT2D eigenvalue weighted by molar-refractivity contribution is 0.300. The summed E-state index contributed by atoms with van der Waals surface area (Å²) in [6.45, 7) is 2.75. The molecule has 118 valence electrons. The van der Waals surface area contributed by atoms with E-state index in [2.05, 4.69) is 47.8 Å². The number of pyridine rings is 1. The zero-order valence-electron chi connectivity index (χ0n) is 13.5. The van der Waals surface area contributed by atoms with Gasteiger partial charge in [0.2, 0.25) is 0 Å². The van der Waals surface area contributed by atoms with Gasteiger partial charge in [-0.15, -0.1) is 0 Å². The normalized spacial score (nSPS) is 10.9. The van der Waals surface area contributed by atoms with Gasteiger partial charge in [-0.05, 0) is 30.8 Å². The number of thiocarbonyl (C=S) groups is 1. The van der Waals surface area contributed by atoms with Crippen molar-refractivity contribution in [3.63, 3.8) is 0 Å². The second kappa shape index (κ2) is 6.92. The van der Waals surface area contributed by atoms with E-state index in [1.807, 2.05) is 24.3 Å². The van der Waals surface area contributed by atoms with E-state index in [0.29, 0.717) is 11.8 Å². The lowest BCUT2D eigenvalue weighted by atomic mass is 10.1. The topological polar surface area (TPSA) is 26.5 Å². The van der Waals surface area contributed by atoms with E-state index in [9.17, 15) is 0 Å². The molecule has 0 bridgehead atoms. The summed E-state index contributed by atoms with van der Waals surface area (Å²) in [4.78, 5) is 4.62. The number of hydrogen-bond donors (Lipinski definition) is 0. The minimum Gasteiger partial charge on any atom is -0.469 e. The molecule has 0 saturated heterocycles. The monoisotopic (exact) mass is 324 g/mol. The number of nitrogens with zero attached hydrogens (tertiary/aromatic N) is 2. The smallest absolute Gasteiger partial charge is 0.283 e. The summed E-state index contributed by atoms with van der Waals surface area (Å²) in [5, 5.41) is 3.35. The SMILES string of the molecule is CCCCOC(=S)N=c1c2ccccc2n(C)c2ccccc12. The summed E-state index contributed by atoms with van der Waals surface area (Å²) in [6, 6.07) is 16.5. The molecular formula is C19H20N2OS. The minimum absolute atomic E-state index is 0.308. The highest BCUT2D eigenvalue weighted by Crippen LogP contribution is 2.17. The first-order valence-corrected chi connectivity index (χ1v) is 8.31. The molecule has 1 heterocycles. The van der Waals surface area contributed by atoms with E-state index < -0.39 is 0 Å². The average molecular weight is 324 g/mol. The minimum atomic E-state index is 0.308. The first kappa shape index (κ1) is 15.7. The standard InChI is InChI=1S/C19H20N2OS/c1-3-4-13-22-19(23)20-18-14-9-5-7-11-16(14)21(2)17-12-8-6-10-15(17)18/h5-12H,3-4,13H2,1-2H3. The Balaban J connectivity index is 2.24. The zero-order valence-corrected chi connectivity index (χ0v) is 14.3. The number of benzene rings is 2. The van der Waals surface area contributed by atoms with Crippen LogP contribution >= 0.6 is 12.2 Å². The van der Waals surface area contributed by atoms with Crippen LogP contribution in [0.4, 0.5) is 0 Å². The largest absolute Gasteiger partial charge is 0.469 e. The molecule has 0 unspecified atom stereocenters. The zero-order chi connectivity index (χ0) is 16.2. The molecule has 3 rings (SSSR count). The van der Waals surface area contributed by atoms with Gasteiger partial charge in [-0.1, -0.05) is 49.7 Å². The van der Waals surface area contributed by atoms with Gasteiger partial charge in [0.1, 0.15) is 0 Å². The van der Waals surface area contributed by atoms with Gasteiger partial charge >= 0.3 is 0 Å². The molecule has 0 radical (unpaired) electrons. The molecule has 0 amide bonds. The molecule has 0 atom stereocenters. The number of ether oxygens (including phenoxy) is 1. The molecule has 23 heavy (non-hydrogen) atoms. The quantitative estimate of drug-likeness (QED) is 0.407. The fraction of sp³-hybridized carbons (Fsp3) is 0.263. The van der Waals surface area contributed by atoms with Crippen LogP contribution in [0.2, 0.25) is 0 Å². The van der Waals surface area contributed by atoms with Crippen molar-refractivity contribution in [2.75, 3.05) is 6.61 Å². The highest BCUT2D eigenvalue weighted by Gasteiger charge is 2.07. The number of rotatable bonds is 3. The summed E-state index contributed by atoms with van der Waals surface area (Å²) in [6.07, 6.45) is 2.07. The number of aromatic nitrogens is 1. The highest BCUT2D eigenvalue weighted by molar-refractivity contribution is 7.80. The third-order valence-corrected chi connectivity index (χ3v) is 4.18. The summed E-state index contributed by atoms with van der Waals surface area (Å²) >= 11 is 5.31. The van der Waals surface area contributed by atoms with Gasteiger partial charge in [0.15, 0.2) is 0 Å². The molecule has 2 aromatic carbocycles. The van der Waals surface area contributed by atoms with Crippen molar-refractivity contribution in [1.82, 2.24) is 4.57 Å². The van der Waals surface area contributed by atoms with E-state index in [0.717, 1.165) is 40.0 Å². The molecule has 0 aliphatic carbocycles. The second-order valence-corrected chi connectivity index (χ2v) is 5.87. The Morgan fingerprint density at radius 1 is 1.04 bits per heavy atom. The van der Waals surface area contributed by atoms with Crippen molar-refractivity contribution in [3.8, 4) is 0 Å². The van der Waals surface area contributed by atoms with Crippen LogP contribution in [0.5, 0.6) is 0 Å². The van der Waals surface area contributed by atoms with Gasteiger partial charge in [0.25, 0.3) is 5.17 Å². The Kier molecular flexibility index (Phi) is 4.72. The van der Waals surface area contributed by atoms with Crippen molar-refractivity contribution in [3.05, 3.63) is 53.9 Å². The Hall–Kier alpha value is -2.20. The van der Waals surface area contributed by atoms with E-state index in [1.54, 1.807) is 0 Å². The molecule has 3 aromatic rings. The van der Waals surface area contributed by atoms with E-state index >= 15 is 0 Å². The van der Waals surface area contributed by atoms with Crippen LogP contribution in [0.25, 0.3) is 21.8 Å². The maximum absolute atomic E-state index is 5.57. The van der Waals surface area contributed by atoms with Gasteiger partial charge in [-0.3, -0.25) is 0 Å². The van der Waals surface area contributed by atoms with Crippen LogP contribution in [0.1, 0.15) is 19.8 Å². The van der Waals surface area contributed by atoms with Crippen LogP contribution in [0.15, 0.2) is 53.5 Å². The predicted octanol–water partition coefficient (Wildman–Crippen LogP) is 4.33. The van der Waals surface area contributed by atoms with Gasteiger partial charge < -0.3 is 9.30 Å². The van der Waals surface area contributed by atoms with Crippen LogP contribution in [0, 0.1) is 0 Å². The Labute approximate surface area is 141 Å². The van der Waals surface area contributed by atoms with Gasteiger partial charge in [0, 0.05) is 17.8 Å². The summed E-state index contributed by atoms with van der Waals surface area (Å²) < 4.78 is 7.76. The third-order valence-electron chi connectivity index (χ3n) is 3.97. The fourth-order valence-electron chi connectivity index (χ4n) is 2.76. The Morgan fingerprint density at radius 3 is 2.17 bits per heavy atom. The van der Waals surface area contributed by atoms with Gasteiger partial charge in [0.05, 0.1) is 23.0 Å². The van der Waals surface area contributed by atoms with Crippen molar-refractivity contribution in [1.29, 1.82) is 0 Å². The number of unbranched alkanes of at least 4 members (excludes halogenated alkanes) is 1. The van der Waals surface area contributed by atoms with Crippen LogP contribution in [-0.2, 0) is 11.8 Å². The average Bonchev–Trinajstić information content (AvgIpc) is 2.59. The summed E-state index contributed by atoms with van der Waals surface area (Å²) in [5.41, 5.74) is 2.25. The van der Waals surface area contributed by atoms with E-state index in [1.165, 1.54) is 0 Å². The molecule has 0 aliphatic rings. The Bertz CT molecular complexity index is 867. The number of fused-ring (bicyclic) bond motifs is 2. The molecule has 0 fully saturated rings. The number of para-hydroxylation sites is 2. The van der Waals surface area contributed by atoms with E-state index in [4.69, 9.17) is 17.0 Å². The summed E-state index contributed by atoms with van der Waals surface area (Å²) in [7, 11) is 2.07.